The number of nitrogens with zero attached hydrogens (tertiary/aromatic N) is 1. The van der Waals surface area contributed by atoms with Gasteiger partial charge in [-0.15, -0.1) is 35.3 Å². The zero-order valence-electron chi connectivity index (χ0n) is 14.2. The molecule has 10 heteroatoms. The van der Waals surface area contributed by atoms with Crippen LogP contribution >= 0.6 is 35.3 Å². The summed E-state index contributed by atoms with van der Waals surface area (Å²) in [5, 5.41) is 7.89. The highest BCUT2D eigenvalue weighted by Crippen LogP contribution is 2.14. The number of halogens is 2. The number of benzene rings is 1. The van der Waals surface area contributed by atoms with Crippen LogP contribution in [0.15, 0.2) is 51.0 Å². The van der Waals surface area contributed by atoms with Gasteiger partial charge in [-0.2, -0.15) is 0 Å². The van der Waals surface area contributed by atoms with Gasteiger partial charge in [0.05, 0.1) is 0 Å². The summed E-state index contributed by atoms with van der Waals surface area (Å²) >= 11 is 1.18. The van der Waals surface area contributed by atoms with Crippen LogP contribution in [0.1, 0.15) is 5.56 Å². The Balaban J connectivity index is 0.00000338. The summed E-state index contributed by atoms with van der Waals surface area (Å²) < 4.78 is 39.6. The lowest BCUT2D eigenvalue weighted by Crippen LogP contribution is -2.42. The van der Waals surface area contributed by atoms with Gasteiger partial charge in [-0.3, -0.25) is 4.99 Å². The first kappa shape index (κ1) is 22.8. The number of aliphatic imine (C=N–C) groups is 1. The fourth-order valence-electron chi connectivity index (χ4n) is 2.05. The molecule has 0 saturated heterocycles. The van der Waals surface area contributed by atoms with Gasteiger partial charge in [-0.05, 0) is 35.6 Å². The maximum Gasteiger partial charge on any atom is 0.250 e. The number of rotatable bonds is 8. The smallest absolute Gasteiger partial charge is 0.250 e. The second-order valence-corrected chi connectivity index (χ2v) is 8.07. The highest BCUT2D eigenvalue weighted by atomic mass is 127. The summed E-state index contributed by atoms with van der Waals surface area (Å²) in [6.45, 7) is 1.28. The fraction of sp³-hybridized carbons (Fsp3) is 0.312. The summed E-state index contributed by atoms with van der Waals surface area (Å²) in [4.78, 5) is 4.08. The lowest BCUT2D eigenvalue weighted by atomic mass is 10.1. The summed E-state index contributed by atoms with van der Waals surface area (Å²) in [6.07, 6.45) is 0.728. The lowest BCUT2D eigenvalue weighted by Gasteiger charge is -2.12. The van der Waals surface area contributed by atoms with Crippen molar-refractivity contribution in [1.82, 2.24) is 15.4 Å². The van der Waals surface area contributed by atoms with E-state index in [0.29, 0.717) is 23.3 Å². The lowest BCUT2D eigenvalue weighted by molar-refractivity contribution is 0.582. The van der Waals surface area contributed by atoms with Crippen molar-refractivity contribution in [3.63, 3.8) is 0 Å². The molecule has 0 aliphatic rings. The Morgan fingerprint density at radius 1 is 1.12 bits per heavy atom. The third kappa shape index (κ3) is 7.56. The Morgan fingerprint density at radius 2 is 1.81 bits per heavy atom. The predicted molar refractivity (Wildman–Crippen MR) is 114 cm³/mol. The van der Waals surface area contributed by atoms with Gasteiger partial charge >= 0.3 is 0 Å². The summed E-state index contributed by atoms with van der Waals surface area (Å²) in [7, 11) is -1.80. The van der Waals surface area contributed by atoms with E-state index in [4.69, 9.17) is 0 Å². The molecule has 0 aliphatic carbocycles. The first-order valence-electron chi connectivity index (χ1n) is 7.73. The molecule has 1 heterocycles. The minimum absolute atomic E-state index is 0. The Labute approximate surface area is 174 Å². The van der Waals surface area contributed by atoms with E-state index in [9.17, 15) is 12.8 Å². The molecule has 2 aromatic rings. The highest BCUT2D eigenvalue weighted by molar-refractivity contribution is 14.0. The molecule has 0 amide bonds. The second-order valence-electron chi connectivity index (χ2n) is 5.13. The van der Waals surface area contributed by atoms with Crippen LogP contribution in [0.5, 0.6) is 0 Å². The summed E-state index contributed by atoms with van der Waals surface area (Å²) in [5.41, 5.74) is 1.02. The van der Waals surface area contributed by atoms with Crippen LogP contribution in [0.2, 0.25) is 0 Å². The molecule has 0 fully saturated rings. The van der Waals surface area contributed by atoms with Gasteiger partial charge in [-0.25, -0.2) is 17.5 Å². The molecular formula is C16H22FIN4O2S2. The maximum atomic E-state index is 12.8. The van der Waals surface area contributed by atoms with Gasteiger partial charge in [0.15, 0.2) is 5.96 Å². The molecule has 0 radical (unpaired) electrons. The van der Waals surface area contributed by atoms with Gasteiger partial charge in [0.25, 0.3) is 0 Å². The van der Waals surface area contributed by atoms with E-state index in [1.165, 1.54) is 23.5 Å². The average Bonchev–Trinajstić information content (AvgIpc) is 3.14. The van der Waals surface area contributed by atoms with Gasteiger partial charge < -0.3 is 10.6 Å². The number of thiophene rings is 1. The molecule has 3 N–H and O–H groups in total. The van der Waals surface area contributed by atoms with Gasteiger partial charge in [0.2, 0.25) is 10.0 Å². The molecule has 0 unspecified atom stereocenters. The molecule has 1 aromatic heterocycles. The normalized spacial score (nSPS) is 11.7. The van der Waals surface area contributed by atoms with Crippen molar-refractivity contribution < 1.29 is 12.8 Å². The summed E-state index contributed by atoms with van der Waals surface area (Å²) in [5.74, 6) is 0.330. The molecule has 0 aliphatic heterocycles. The van der Waals surface area contributed by atoms with E-state index in [1.54, 1.807) is 36.7 Å². The van der Waals surface area contributed by atoms with Crippen LogP contribution in [0, 0.1) is 5.82 Å². The van der Waals surface area contributed by atoms with Crippen LogP contribution in [0.4, 0.5) is 4.39 Å². The standard InChI is InChI=1S/C16H21FN4O2S2.HI/c1-18-16(19-9-8-13-4-6-14(17)7-5-13)20-10-11-21-25(22,23)15-3-2-12-24-15;/h2-7,12,21H,8-11H2,1H3,(H2,18,19,20);1H. The monoisotopic (exact) mass is 512 g/mol. The van der Waals surface area contributed by atoms with E-state index in [-0.39, 0.29) is 36.3 Å². The van der Waals surface area contributed by atoms with Crippen LogP contribution in [-0.4, -0.2) is 41.1 Å². The quantitative estimate of drug-likeness (QED) is 0.219. The van der Waals surface area contributed by atoms with E-state index < -0.39 is 10.0 Å². The van der Waals surface area contributed by atoms with Crippen molar-refractivity contribution in [3.05, 3.63) is 53.2 Å². The Morgan fingerprint density at radius 3 is 2.42 bits per heavy atom. The van der Waals surface area contributed by atoms with E-state index in [0.717, 1.165) is 12.0 Å². The van der Waals surface area contributed by atoms with E-state index in [2.05, 4.69) is 20.3 Å². The van der Waals surface area contributed by atoms with Crippen molar-refractivity contribution in [3.8, 4) is 0 Å². The van der Waals surface area contributed by atoms with Crippen molar-refractivity contribution in [1.29, 1.82) is 0 Å². The number of guanidine groups is 1. The average molecular weight is 512 g/mol. The number of sulfonamides is 1. The molecule has 26 heavy (non-hydrogen) atoms. The third-order valence-electron chi connectivity index (χ3n) is 3.31. The topological polar surface area (TPSA) is 82.6 Å². The second kappa shape index (κ2) is 11.5. The molecule has 0 saturated carbocycles. The molecule has 0 atom stereocenters. The molecule has 1 aromatic carbocycles. The first-order valence-corrected chi connectivity index (χ1v) is 10.1. The van der Waals surface area contributed by atoms with Crippen LogP contribution in [0.25, 0.3) is 0 Å². The molecule has 2 rings (SSSR count). The number of nitrogens with one attached hydrogen (secondary N) is 3. The molecule has 0 spiro atoms. The molecule has 6 nitrogen and oxygen atoms in total. The summed E-state index contributed by atoms with van der Waals surface area (Å²) in [6, 6.07) is 9.62. The largest absolute Gasteiger partial charge is 0.356 e. The van der Waals surface area contributed by atoms with Gasteiger partial charge in [0, 0.05) is 26.7 Å². The number of hydrogen-bond acceptors (Lipinski definition) is 4. The molecule has 0 bridgehead atoms. The molecule has 144 valence electrons. The fourth-order valence-corrected chi connectivity index (χ4v) is 4.12. The SMILES string of the molecule is CN=C(NCCNS(=O)(=O)c1cccs1)NCCc1ccc(F)cc1.I. The van der Waals surface area contributed by atoms with E-state index in [1.807, 2.05) is 0 Å². The van der Waals surface area contributed by atoms with Gasteiger partial charge in [0.1, 0.15) is 10.0 Å². The minimum Gasteiger partial charge on any atom is -0.356 e. The highest BCUT2D eigenvalue weighted by Gasteiger charge is 2.13. The van der Waals surface area contributed by atoms with Crippen LogP contribution in [0.3, 0.4) is 0 Å². The zero-order valence-corrected chi connectivity index (χ0v) is 18.2. The Bertz CT molecular complexity index is 781. The third-order valence-corrected chi connectivity index (χ3v) is 6.17. The van der Waals surface area contributed by atoms with Crippen molar-refractivity contribution >= 4 is 51.3 Å². The van der Waals surface area contributed by atoms with Crippen LogP contribution in [-0.2, 0) is 16.4 Å². The van der Waals surface area contributed by atoms with Crippen molar-refractivity contribution in [2.45, 2.75) is 10.6 Å². The first-order chi connectivity index (χ1) is 12.0. The zero-order chi connectivity index (χ0) is 18.1. The molecular weight excluding hydrogens is 490 g/mol. The van der Waals surface area contributed by atoms with Crippen molar-refractivity contribution in [2.24, 2.45) is 4.99 Å². The van der Waals surface area contributed by atoms with Crippen LogP contribution < -0.4 is 15.4 Å². The Hall–Kier alpha value is -1.24. The van der Waals surface area contributed by atoms with E-state index >= 15 is 0 Å². The van der Waals surface area contributed by atoms with Crippen molar-refractivity contribution in [2.75, 3.05) is 26.7 Å². The van der Waals surface area contributed by atoms with Gasteiger partial charge in [-0.1, -0.05) is 18.2 Å². The minimum atomic E-state index is -3.44. The number of hydrogen-bond donors (Lipinski definition) is 3. The predicted octanol–water partition coefficient (Wildman–Crippen LogP) is 2.19. The Kier molecular flexibility index (Phi) is 10.1. The maximum absolute atomic E-state index is 12.8.